The Bertz CT molecular complexity index is 470. The van der Waals surface area contributed by atoms with Crippen molar-refractivity contribution in [1.82, 2.24) is 5.32 Å². The second kappa shape index (κ2) is 6.61. The second-order valence-electron chi connectivity index (χ2n) is 4.91. The molecule has 0 radical (unpaired) electrons. The largest absolute Gasteiger partial charge is 0.493 e. The van der Waals surface area contributed by atoms with Gasteiger partial charge in [0.2, 0.25) is 5.91 Å². The molecule has 1 aromatic rings. The number of hydrogen-bond donors (Lipinski definition) is 1. The smallest absolute Gasteiger partial charge is 0.224 e. The second-order valence-corrected chi connectivity index (χ2v) is 4.91. The molecule has 0 saturated carbocycles. The summed E-state index contributed by atoms with van der Waals surface area (Å²) in [6.07, 6.45) is 1.93. The van der Waals surface area contributed by atoms with E-state index >= 15 is 0 Å². The maximum absolute atomic E-state index is 12.0. The van der Waals surface area contributed by atoms with E-state index in [-0.39, 0.29) is 11.9 Å². The number of rotatable bonds is 4. The highest BCUT2D eigenvalue weighted by Crippen LogP contribution is 2.33. The lowest BCUT2D eigenvalue weighted by Crippen LogP contribution is -2.45. The van der Waals surface area contributed by atoms with Crippen molar-refractivity contribution in [1.29, 1.82) is 0 Å². The first-order chi connectivity index (χ1) is 9.67. The van der Waals surface area contributed by atoms with Gasteiger partial charge in [-0.3, -0.25) is 4.79 Å². The van der Waals surface area contributed by atoms with Crippen molar-refractivity contribution in [3.8, 4) is 11.5 Å². The van der Waals surface area contributed by atoms with Crippen molar-refractivity contribution in [2.75, 3.05) is 32.2 Å². The number of ether oxygens (including phenoxy) is 2. The molecule has 1 heterocycles. The van der Waals surface area contributed by atoms with Gasteiger partial charge >= 0.3 is 0 Å². The molecule has 1 amide bonds. The average molecular weight is 278 g/mol. The van der Waals surface area contributed by atoms with Gasteiger partial charge in [-0.15, -0.1) is 0 Å². The molecule has 1 N–H and O–H groups in total. The van der Waals surface area contributed by atoms with Gasteiger partial charge in [-0.05, 0) is 38.1 Å². The highest BCUT2D eigenvalue weighted by atomic mass is 16.5. The molecule has 1 aliphatic rings. The van der Waals surface area contributed by atoms with Crippen LogP contribution in [-0.2, 0) is 4.79 Å². The van der Waals surface area contributed by atoms with Crippen molar-refractivity contribution in [3.63, 3.8) is 0 Å². The summed E-state index contributed by atoms with van der Waals surface area (Å²) in [6, 6.07) is 5.85. The van der Waals surface area contributed by atoms with Crippen LogP contribution in [0, 0.1) is 0 Å². The number of methoxy groups -OCH3 is 2. The highest BCUT2D eigenvalue weighted by Gasteiger charge is 2.25. The molecular formula is C15H22N2O3. The molecule has 1 aromatic carbocycles. The molecule has 5 heteroatoms. The van der Waals surface area contributed by atoms with Crippen molar-refractivity contribution in [3.05, 3.63) is 18.2 Å². The predicted molar refractivity (Wildman–Crippen MR) is 78.6 cm³/mol. The number of piperidine rings is 1. The van der Waals surface area contributed by atoms with Crippen LogP contribution in [0.2, 0.25) is 0 Å². The Labute approximate surface area is 119 Å². The zero-order chi connectivity index (χ0) is 14.5. The van der Waals surface area contributed by atoms with Crippen LogP contribution >= 0.6 is 0 Å². The van der Waals surface area contributed by atoms with Crippen LogP contribution in [-0.4, -0.2) is 39.3 Å². The minimum absolute atomic E-state index is 0.0594. The van der Waals surface area contributed by atoms with Gasteiger partial charge in [0.15, 0.2) is 11.5 Å². The van der Waals surface area contributed by atoms with Crippen LogP contribution in [0.1, 0.15) is 19.8 Å². The van der Waals surface area contributed by atoms with E-state index in [0.717, 1.165) is 31.6 Å². The van der Waals surface area contributed by atoms with Crippen LogP contribution in [0.3, 0.4) is 0 Å². The molecule has 0 spiro atoms. The van der Waals surface area contributed by atoms with Gasteiger partial charge in [0.25, 0.3) is 0 Å². The average Bonchev–Trinajstić information content (AvgIpc) is 2.48. The molecule has 2 rings (SSSR count). The summed E-state index contributed by atoms with van der Waals surface area (Å²) in [5.41, 5.74) is 0.863. The van der Waals surface area contributed by atoms with Crippen LogP contribution < -0.4 is 19.7 Å². The lowest BCUT2D eigenvalue weighted by molar-refractivity contribution is -0.117. The quantitative estimate of drug-likeness (QED) is 0.912. The van der Waals surface area contributed by atoms with Crippen LogP contribution in [0.5, 0.6) is 11.5 Å². The molecule has 0 aliphatic carbocycles. The van der Waals surface area contributed by atoms with E-state index in [4.69, 9.17) is 9.47 Å². The third-order valence-corrected chi connectivity index (χ3v) is 3.66. The van der Waals surface area contributed by atoms with E-state index in [9.17, 15) is 4.79 Å². The highest BCUT2D eigenvalue weighted by molar-refractivity contribution is 5.92. The molecule has 110 valence electrons. The summed E-state index contributed by atoms with van der Waals surface area (Å²) in [5.74, 6) is 1.37. The monoisotopic (exact) mass is 278 g/mol. The van der Waals surface area contributed by atoms with Gasteiger partial charge in [-0.1, -0.05) is 0 Å². The third kappa shape index (κ3) is 3.04. The van der Waals surface area contributed by atoms with E-state index in [1.54, 1.807) is 21.1 Å². The fraction of sp³-hybridized carbons (Fsp3) is 0.533. The molecule has 5 nitrogen and oxygen atoms in total. The number of anilines is 1. The van der Waals surface area contributed by atoms with Gasteiger partial charge in [0.05, 0.1) is 14.2 Å². The molecule has 1 aliphatic heterocycles. The molecule has 0 atom stereocenters. The Balaban J connectivity index is 2.31. The fourth-order valence-electron chi connectivity index (χ4n) is 2.69. The van der Waals surface area contributed by atoms with Gasteiger partial charge in [0, 0.05) is 24.7 Å². The number of nitrogens with zero attached hydrogens (tertiary/aromatic N) is 1. The van der Waals surface area contributed by atoms with Gasteiger partial charge in [0.1, 0.15) is 0 Å². The minimum atomic E-state index is 0.0594. The van der Waals surface area contributed by atoms with E-state index in [1.165, 1.54) is 0 Å². The number of amides is 1. The fourth-order valence-corrected chi connectivity index (χ4v) is 2.69. The Morgan fingerprint density at radius 2 is 1.85 bits per heavy atom. The SMILES string of the molecule is COc1ccc(N(C(C)=O)C2CCNCC2)cc1OC. The standard InChI is InChI=1S/C15H22N2O3/c1-11(18)17(12-6-8-16-9-7-12)13-4-5-14(19-2)15(10-13)20-3/h4-5,10,12,16H,6-9H2,1-3H3. The molecule has 1 fully saturated rings. The summed E-state index contributed by atoms with van der Waals surface area (Å²) in [4.78, 5) is 13.9. The lowest BCUT2D eigenvalue weighted by Gasteiger charge is -2.34. The Morgan fingerprint density at radius 1 is 1.20 bits per heavy atom. The molecular weight excluding hydrogens is 256 g/mol. The summed E-state index contributed by atoms with van der Waals surface area (Å²) in [7, 11) is 3.21. The number of carbonyl (C=O) groups is 1. The Morgan fingerprint density at radius 3 is 2.40 bits per heavy atom. The first-order valence-electron chi connectivity index (χ1n) is 6.90. The van der Waals surface area contributed by atoms with Gasteiger partial charge < -0.3 is 19.7 Å². The zero-order valence-corrected chi connectivity index (χ0v) is 12.3. The van der Waals surface area contributed by atoms with E-state index in [1.807, 2.05) is 23.1 Å². The predicted octanol–water partition coefficient (Wildman–Crippen LogP) is 1.81. The summed E-state index contributed by atoms with van der Waals surface area (Å²) in [6.45, 7) is 3.50. The number of hydrogen-bond acceptors (Lipinski definition) is 4. The first kappa shape index (κ1) is 14.7. The lowest BCUT2D eigenvalue weighted by atomic mass is 10.0. The van der Waals surface area contributed by atoms with E-state index < -0.39 is 0 Å². The van der Waals surface area contributed by atoms with Crippen molar-refractivity contribution in [2.24, 2.45) is 0 Å². The maximum atomic E-state index is 12.0. The summed E-state index contributed by atoms with van der Waals surface area (Å²) < 4.78 is 10.6. The maximum Gasteiger partial charge on any atom is 0.224 e. The third-order valence-electron chi connectivity index (χ3n) is 3.66. The normalized spacial score (nSPS) is 15.8. The van der Waals surface area contributed by atoms with Crippen LogP contribution in [0.15, 0.2) is 18.2 Å². The van der Waals surface area contributed by atoms with Crippen molar-refractivity contribution < 1.29 is 14.3 Å². The number of benzene rings is 1. The van der Waals surface area contributed by atoms with Crippen LogP contribution in [0.25, 0.3) is 0 Å². The van der Waals surface area contributed by atoms with Gasteiger partial charge in [-0.25, -0.2) is 0 Å². The molecule has 1 saturated heterocycles. The van der Waals surface area contributed by atoms with Crippen molar-refractivity contribution in [2.45, 2.75) is 25.8 Å². The molecule has 0 aromatic heterocycles. The summed E-state index contributed by atoms with van der Waals surface area (Å²) >= 11 is 0. The molecule has 0 bridgehead atoms. The number of carbonyl (C=O) groups excluding carboxylic acids is 1. The Hall–Kier alpha value is -1.75. The summed E-state index contributed by atoms with van der Waals surface area (Å²) in [5, 5.41) is 3.32. The van der Waals surface area contributed by atoms with E-state index in [0.29, 0.717) is 11.5 Å². The zero-order valence-electron chi connectivity index (χ0n) is 12.3. The molecule has 20 heavy (non-hydrogen) atoms. The Kier molecular flexibility index (Phi) is 4.84. The first-order valence-corrected chi connectivity index (χ1v) is 6.90. The molecule has 0 unspecified atom stereocenters. The van der Waals surface area contributed by atoms with Crippen LogP contribution in [0.4, 0.5) is 5.69 Å². The number of nitrogens with one attached hydrogen (secondary N) is 1. The van der Waals surface area contributed by atoms with Gasteiger partial charge in [-0.2, -0.15) is 0 Å². The minimum Gasteiger partial charge on any atom is -0.493 e. The van der Waals surface area contributed by atoms with Crippen molar-refractivity contribution >= 4 is 11.6 Å². The van der Waals surface area contributed by atoms with E-state index in [2.05, 4.69) is 5.32 Å². The topological polar surface area (TPSA) is 50.8 Å².